The Kier molecular flexibility index (Phi) is 13.6. The standard InChI is InChI=1S/C38H44Cl3FN4O2S/c39-38(40,41)35(47)44-37(25-30-15-17-32(42)18-16-30)26-31(27-37)28-46(36(49)43-33-12-3-1-4-13-33)22-8-11-29-10-7-14-34(24-29)48-23-9-21-45-19-5-2-6-20-45/h1,3-4,7,10,12-18,24,26H,2,5-6,8-9,11,19-23,25,27-28H2,(H,43,49)(H,44,47). The molecule has 1 fully saturated rings. The quantitative estimate of drug-likeness (QED) is 0.0705. The number of piperidine rings is 1. The number of benzene rings is 3. The number of nitrogens with one attached hydrogen (secondary N) is 2. The number of alkyl halides is 3. The molecule has 1 unspecified atom stereocenters. The van der Waals surface area contributed by atoms with E-state index in [9.17, 15) is 9.18 Å². The van der Waals surface area contributed by atoms with Gasteiger partial charge in [0.2, 0.25) is 0 Å². The van der Waals surface area contributed by atoms with Crippen LogP contribution in [0.25, 0.3) is 0 Å². The van der Waals surface area contributed by atoms with Crippen LogP contribution in [0.2, 0.25) is 0 Å². The summed E-state index contributed by atoms with van der Waals surface area (Å²) in [7, 11) is 0. The van der Waals surface area contributed by atoms with Crippen LogP contribution < -0.4 is 15.4 Å². The number of hydrogen-bond donors (Lipinski definition) is 2. The SMILES string of the molecule is O=C(NC1(Cc2ccc(F)cc2)C=C(CN(CCCc2cccc(OCCCN3CCCCC3)c2)C(=S)Nc2ccccc2)C1)C(Cl)(Cl)Cl. The van der Waals surface area contributed by atoms with Crippen molar-refractivity contribution in [2.24, 2.45) is 0 Å². The minimum atomic E-state index is -2.11. The normalized spacial score (nSPS) is 17.8. The van der Waals surface area contributed by atoms with E-state index in [0.29, 0.717) is 37.7 Å². The second-order valence-electron chi connectivity index (χ2n) is 13.0. The number of anilines is 1. The van der Waals surface area contributed by atoms with Gasteiger partial charge in [-0.05, 0) is 123 Å². The number of amides is 1. The molecular formula is C38H44Cl3FN4O2S. The van der Waals surface area contributed by atoms with E-state index in [0.717, 1.165) is 48.4 Å². The van der Waals surface area contributed by atoms with Crippen LogP contribution in [0, 0.1) is 5.82 Å². The maximum Gasteiger partial charge on any atom is 0.272 e. The molecule has 0 radical (unpaired) electrons. The lowest BCUT2D eigenvalue weighted by molar-refractivity contribution is -0.121. The van der Waals surface area contributed by atoms with Gasteiger partial charge < -0.3 is 25.2 Å². The predicted molar refractivity (Wildman–Crippen MR) is 203 cm³/mol. The van der Waals surface area contributed by atoms with Gasteiger partial charge in [0, 0.05) is 25.3 Å². The second kappa shape index (κ2) is 17.9. The second-order valence-corrected chi connectivity index (χ2v) is 15.6. The molecular weight excluding hydrogens is 702 g/mol. The third-order valence-corrected chi connectivity index (χ3v) is 9.79. The van der Waals surface area contributed by atoms with Crippen molar-refractivity contribution < 1.29 is 13.9 Å². The van der Waals surface area contributed by atoms with Crippen molar-refractivity contribution in [3.05, 3.63) is 107 Å². The van der Waals surface area contributed by atoms with Crippen molar-refractivity contribution in [3.8, 4) is 5.75 Å². The third-order valence-electron chi connectivity index (χ3n) is 8.91. The van der Waals surface area contributed by atoms with Gasteiger partial charge in [-0.2, -0.15) is 0 Å². The van der Waals surface area contributed by atoms with Crippen LogP contribution in [-0.4, -0.2) is 69.5 Å². The topological polar surface area (TPSA) is 56.8 Å². The molecule has 1 aliphatic heterocycles. The molecule has 2 N–H and O–H groups in total. The van der Waals surface area contributed by atoms with Crippen LogP contribution in [0.4, 0.5) is 10.1 Å². The Labute approximate surface area is 309 Å². The maximum absolute atomic E-state index is 13.6. The van der Waals surface area contributed by atoms with Gasteiger partial charge in [-0.15, -0.1) is 0 Å². The zero-order valence-electron chi connectivity index (χ0n) is 27.6. The van der Waals surface area contributed by atoms with Crippen molar-refractivity contribution in [3.63, 3.8) is 0 Å². The lowest BCUT2D eigenvalue weighted by Gasteiger charge is -2.43. The van der Waals surface area contributed by atoms with Gasteiger partial charge in [0.25, 0.3) is 9.70 Å². The van der Waals surface area contributed by atoms with Crippen LogP contribution in [0.3, 0.4) is 0 Å². The fraction of sp³-hybridized carbons (Fsp3) is 0.421. The summed E-state index contributed by atoms with van der Waals surface area (Å²) in [6, 6.07) is 24.4. The number of nitrogens with zero attached hydrogens (tertiary/aromatic N) is 2. The fourth-order valence-corrected chi connectivity index (χ4v) is 6.93. The summed E-state index contributed by atoms with van der Waals surface area (Å²) >= 11 is 23.7. The predicted octanol–water partition coefficient (Wildman–Crippen LogP) is 8.51. The van der Waals surface area contributed by atoms with Gasteiger partial charge in [0.15, 0.2) is 5.11 Å². The summed E-state index contributed by atoms with van der Waals surface area (Å²) in [5.41, 5.74) is 3.29. The fourth-order valence-electron chi connectivity index (χ4n) is 6.52. The van der Waals surface area contributed by atoms with Gasteiger partial charge in [0.05, 0.1) is 12.1 Å². The zero-order chi connectivity index (χ0) is 34.7. The molecule has 1 heterocycles. The van der Waals surface area contributed by atoms with Gasteiger partial charge >= 0.3 is 0 Å². The number of carbonyl (C=O) groups excluding carboxylic acids is 1. The molecule has 1 amide bonds. The number of carbonyl (C=O) groups is 1. The molecule has 2 aliphatic rings. The van der Waals surface area contributed by atoms with Gasteiger partial charge in [0.1, 0.15) is 11.6 Å². The number of para-hydroxylation sites is 1. The number of rotatable bonds is 15. The van der Waals surface area contributed by atoms with E-state index in [1.807, 2.05) is 42.5 Å². The summed E-state index contributed by atoms with van der Waals surface area (Å²) in [5.74, 6) is -0.130. The van der Waals surface area contributed by atoms with Crippen LogP contribution in [0.1, 0.15) is 49.7 Å². The first-order chi connectivity index (χ1) is 23.6. The maximum atomic E-state index is 13.6. The van der Waals surface area contributed by atoms with E-state index in [4.69, 9.17) is 51.8 Å². The number of hydrogen-bond acceptors (Lipinski definition) is 4. The molecule has 6 nitrogen and oxygen atoms in total. The van der Waals surface area contributed by atoms with E-state index in [1.165, 1.54) is 50.0 Å². The van der Waals surface area contributed by atoms with Crippen LogP contribution in [0.5, 0.6) is 5.75 Å². The number of thiocarbonyl (C=S) groups is 1. The Bertz CT molecular complexity index is 1570. The van der Waals surface area contributed by atoms with Crippen molar-refractivity contribution in [2.45, 2.75) is 60.7 Å². The highest BCUT2D eigenvalue weighted by atomic mass is 35.6. The number of aryl methyl sites for hydroxylation is 1. The van der Waals surface area contributed by atoms with Crippen LogP contribution in [-0.2, 0) is 17.6 Å². The molecule has 5 rings (SSSR count). The summed E-state index contributed by atoms with van der Waals surface area (Å²) in [5, 5.41) is 6.91. The lowest BCUT2D eigenvalue weighted by atomic mass is 9.74. The molecule has 3 aromatic carbocycles. The minimum Gasteiger partial charge on any atom is -0.494 e. The highest BCUT2D eigenvalue weighted by Crippen LogP contribution is 2.37. The summed E-state index contributed by atoms with van der Waals surface area (Å²) in [6.07, 6.45) is 9.68. The van der Waals surface area contributed by atoms with Gasteiger partial charge in [-0.1, -0.05) is 89.8 Å². The lowest BCUT2D eigenvalue weighted by Crippen LogP contribution is -2.57. The molecule has 262 valence electrons. The Morgan fingerprint density at radius 1 is 0.959 bits per heavy atom. The molecule has 49 heavy (non-hydrogen) atoms. The average Bonchev–Trinajstić information content (AvgIpc) is 3.07. The molecule has 1 aliphatic carbocycles. The summed E-state index contributed by atoms with van der Waals surface area (Å²) in [6.45, 7) is 5.50. The zero-order valence-corrected chi connectivity index (χ0v) is 30.7. The molecule has 3 aromatic rings. The first-order valence-electron chi connectivity index (χ1n) is 17.0. The average molecular weight is 746 g/mol. The highest BCUT2D eigenvalue weighted by molar-refractivity contribution is 7.80. The molecule has 0 aromatic heterocycles. The first kappa shape index (κ1) is 37.4. The molecule has 11 heteroatoms. The van der Waals surface area contributed by atoms with Crippen molar-refractivity contribution >= 4 is 63.7 Å². The molecule has 0 spiro atoms. The van der Waals surface area contributed by atoms with E-state index >= 15 is 0 Å². The Morgan fingerprint density at radius 2 is 1.69 bits per heavy atom. The van der Waals surface area contributed by atoms with Crippen LogP contribution in [0.15, 0.2) is 90.5 Å². The minimum absolute atomic E-state index is 0.328. The van der Waals surface area contributed by atoms with E-state index < -0.39 is 15.2 Å². The van der Waals surface area contributed by atoms with Crippen molar-refractivity contribution in [2.75, 3.05) is 44.6 Å². The number of halogens is 4. The largest absolute Gasteiger partial charge is 0.494 e. The number of likely N-dealkylation sites (tertiary alicyclic amines) is 1. The smallest absolute Gasteiger partial charge is 0.272 e. The Morgan fingerprint density at radius 3 is 2.41 bits per heavy atom. The Balaban J connectivity index is 1.21. The summed E-state index contributed by atoms with van der Waals surface area (Å²) < 4.78 is 17.6. The monoisotopic (exact) mass is 744 g/mol. The first-order valence-corrected chi connectivity index (χ1v) is 18.5. The molecule has 1 atom stereocenters. The summed E-state index contributed by atoms with van der Waals surface area (Å²) in [4.78, 5) is 17.4. The third kappa shape index (κ3) is 11.9. The van der Waals surface area contributed by atoms with Crippen molar-refractivity contribution in [1.82, 2.24) is 15.1 Å². The van der Waals surface area contributed by atoms with Gasteiger partial charge in [-0.25, -0.2) is 4.39 Å². The highest BCUT2D eigenvalue weighted by Gasteiger charge is 2.43. The van der Waals surface area contributed by atoms with E-state index in [2.05, 4.69) is 38.6 Å². The van der Waals surface area contributed by atoms with E-state index in [1.54, 1.807) is 12.1 Å². The van der Waals surface area contributed by atoms with Gasteiger partial charge in [-0.3, -0.25) is 4.79 Å². The van der Waals surface area contributed by atoms with E-state index in [-0.39, 0.29) is 5.82 Å². The molecule has 0 bridgehead atoms. The number of ether oxygens (including phenoxy) is 1. The molecule has 0 saturated carbocycles. The Hall–Kier alpha value is -2.88. The van der Waals surface area contributed by atoms with Crippen molar-refractivity contribution in [1.29, 1.82) is 0 Å². The molecule has 1 saturated heterocycles. The van der Waals surface area contributed by atoms with Crippen LogP contribution >= 0.6 is 47.0 Å².